The van der Waals surface area contributed by atoms with Gasteiger partial charge in [0.1, 0.15) is 12.3 Å². The third-order valence-corrected chi connectivity index (χ3v) is 5.24. The zero-order valence-electron chi connectivity index (χ0n) is 16.0. The number of benzene rings is 2. The molecule has 0 saturated carbocycles. The molecule has 0 amide bonds. The van der Waals surface area contributed by atoms with Crippen LogP contribution in [0.3, 0.4) is 0 Å². The topological polar surface area (TPSA) is 62.1 Å². The highest BCUT2D eigenvalue weighted by Crippen LogP contribution is 2.19. The maximum absolute atomic E-state index is 11.2. The highest BCUT2D eigenvalue weighted by Gasteiger charge is 2.25. The third kappa shape index (κ3) is 5.33. The van der Waals surface area contributed by atoms with Crippen molar-refractivity contribution in [3.05, 3.63) is 70.2 Å². The smallest absolute Gasteiger partial charge is 0.307 e. The number of aliphatic carboxylic acids is 1. The van der Waals surface area contributed by atoms with Crippen LogP contribution in [0.15, 0.2) is 53.7 Å². The van der Waals surface area contributed by atoms with Crippen LogP contribution in [0.4, 0.5) is 0 Å². The number of oxime groups is 1. The van der Waals surface area contributed by atoms with E-state index >= 15 is 0 Å². The highest BCUT2D eigenvalue weighted by atomic mass is 35.5. The number of hydrogen-bond acceptors (Lipinski definition) is 4. The van der Waals surface area contributed by atoms with Gasteiger partial charge in [-0.1, -0.05) is 53.2 Å². The summed E-state index contributed by atoms with van der Waals surface area (Å²) in [7, 11) is 0. The number of piperidine rings is 1. The van der Waals surface area contributed by atoms with Crippen LogP contribution in [-0.2, 0) is 9.63 Å². The summed E-state index contributed by atoms with van der Waals surface area (Å²) in [5.41, 5.74) is 3.73. The van der Waals surface area contributed by atoms with Crippen LogP contribution in [0.2, 0.25) is 5.02 Å². The fraction of sp³-hybridized carbons (Fsp3) is 0.364. The molecule has 148 valence electrons. The molecule has 1 heterocycles. The Bertz CT molecular complexity index is 853. The van der Waals surface area contributed by atoms with Gasteiger partial charge < -0.3 is 9.94 Å². The fourth-order valence-electron chi connectivity index (χ4n) is 3.47. The van der Waals surface area contributed by atoms with Gasteiger partial charge in [0.25, 0.3) is 0 Å². The summed E-state index contributed by atoms with van der Waals surface area (Å²) < 4.78 is 0. The summed E-state index contributed by atoms with van der Waals surface area (Å²) >= 11 is 6.17. The van der Waals surface area contributed by atoms with Crippen molar-refractivity contribution in [3.8, 4) is 0 Å². The second-order valence-corrected chi connectivity index (χ2v) is 7.51. The summed E-state index contributed by atoms with van der Waals surface area (Å²) in [5.74, 6) is -1.00. The first-order valence-corrected chi connectivity index (χ1v) is 9.89. The minimum absolute atomic E-state index is 0.286. The largest absolute Gasteiger partial charge is 0.481 e. The zero-order chi connectivity index (χ0) is 19.9. The van der Waals surface area contributed by atoms with Crippen molar-refractivity contribution >= 4 is 23.3 Å². The third-order valence-electron chi connectivity index (χ3n) is 5.01. The van der Waals surface area contributed by atoms with Gasteiger partial charge in [0.05, 0.1) is 5.92 Å². The normalized spacial score (nSPS) is 18.1. The number of nitrogens with zero attached hydrogens (tertiary/aromatic N) is 2. The van der Waals surface area contributed by atoms with Crippen LogP contribution in [-0.4, -0.2) is 47.9 Å². The van der Waals surface area contributed by atoms with Gasteiger partial charge >= 0.3 is 5.97 Å². The first-order chi connectivity index (χ1) is 13.5. The number of carbonyl (C=O) groups is 1. The molecule has 1 N–H and O–H groups in total. The van der Waals surface area contributed by atoms with Crippen LogP contribution < -0.4 is 0 Å². The van der Waals surface area contributed by atoms with Gasteiger partial charge in [0.2, 0.25) is 0 Å². The van der Waals surface area contributed by atoms with Crippen LogP contribution >= 0.6 is 11.6 Å². The van der Waals surface area contributed by atoms with Gasteiger partial charge in [-0.15, -0.1) is 0 Å². The van der Waals surface area contributed by atoms with Gasteiger partial charge in [-0.05, 0) is 44.0 Å². The van der Waals surface area contributed by atoms with Crippen molar-refractivity contribution in [2.45, 2.75) is 19.8 Å². The lowest BCUT2D eigenvalue weighted by Gasteiger charge is -2.30. The molecule has 0 aromatic heterocycles. The molecule has 2 aromatic rings. The second kappa shape index (κ2) is 9.71. The average molecular weight is 401 g/mol. The van der Waals surface area contributed by atoms with Crippen LogP contribution in [0.25, 0.3) is 0 Å². The molecular weight excluding hydrogens is 376 g/mol. The number of carboxylic acid groups (broad SMARTS) is 1. The van der Waals surface area contributed by atoms with E-state index in [4.69, 9.17) is 16.4 Å². The standard InChI is InChI=1S/C22H25ClN2O3/c1-16-6-2-3-10-20(16)21(17-7-4-9-19(23)14-17)24-28-13-12-25-11-5-8-18(15-25)22(26)27/h2-4,6-7,9-10,14,18H,5,8,11-13,15H2,1H3,(H,26,27)/b24-21+/t18-/m0/s1. The van der Waals surface area contributed by atoms with E-state index in [1.807, 2.05) is 55.5 Å². The Morgan fingerprint density at radius 3 is 2.86 bits per heavy atom. The van der Waals surface area contributed by atoms with Gasteiger partial charge in [-0.2, -0.15) is 0 Å². The van der Waals surface area contributed by atoms with Crippen molar-refractivity contribution in [1.29, 1.82) is 0 Å². The molecule has 0 spiro atoms. The lowest BCUT2D eigenvalue weighted by molar-refractivity contribution is -0.143. The molecule has 3 rings (SSSR count). The molecule has 1 aliphatic heterocycles. The van der Waals surface area contributed by atoms with Crippen molar-refractivity contribution in [2.24, 2.45) is 11.1 Å². The summed E-state index contributed by atoms with van der Waals surface area (Å²) in [6.07, 6.45) is 1.65. The molecule has 0 aliphatic carbocycles. The van der Waals surface area contributed by atoms with E-state index in [1.165, 1.54) is 0 Å². The zero-order valence-corrected chi connectivity index (χ0v) is 16.7. The Hall–Kier alpha value is -2.37. The molecule has 28 heavy (non-hydrogen) atoms. The predicted octanol–water partition coefficient (Wildman–Crippen LogP) is 4.21. The Kier molecular flexibility index (Phi) is 7.06. The Morgan fingerprint density at radius 2 is 2.11 bits per heavy atom. The predicted molar refractivity (Wildman–Crippen MR) is 111 cm³/mol. The first-order valence-electron chi connectivity index (χ1n) is 9.51. The molecule has 1 saturated heterocycles. The Morgan fingerprint density at radius 1 is 1.29 bits per heavy atom. The number of likely N-dealkylation sites (tertiary alicyclic amines) is 1. The summed E-state index contributed by atoms with van der Waals surface area (Å²) in [5, 5.41) is 14.3. The molecule has 0 unspecified atom stereocenters. The fourth-order valence-corrected chi connectivity index (χ4v) is 3.66. The first kappa shape index (κ1) is 20.4. The molecule has 5 nitrogen and oxygen atoms in total. The highest BCUT2D eigenvalue weighted by molar-refractivity contribution is 6.31. The number of carboxylic acids is 1. The van der Waals surface area contributed by atoms with E-state index in [1.54, 1.807) is 0 Å². The molecule has 1 aliphatic rings. The summed E-state index contributed by atoms with van der Waals surface area (Å²) in [6.45, 7) is 4.57. The summed E-state index contributed by atoms with van der Waals surface area (Å²) in [6, 6.07) is 15.6. The number of hydrogen-bond donors (Lipinski definition) is 1. The molecule has 1 fully saturated rings. The molecular formula is C22H25ClN2O3. The van der Waals surface area contributed by atoms with Gasteiger partial charge in [0.15, 0.2) is 0 Å². The number of aryl methyl sites for hydroxylation is 1. The Labute approximate surface area is 170 Å². The maximum Gasteiger partial charge on any atom is 0.307 e. The van der Waals surface area contributed by atoms with E-state index in [0.29, 0.717) is 24.7 Å². The van der Waals surface area contributed by atoms with Gasteiger partial charge in [-0.3, -0.25) is 9.69 Å². The van der Waals surface area contributed by atoms with Crippen molar-refractivity contribution in [2.75, 3.05) is 26.2 Å². The van der Waals surface area contributed by atoms with E-state index in [2.05, 4.69) is 10.1 Å². The van der Waals surface area contributed by atoms with Crippen LogP contribution in [0.1, 0.15) is 29.5 Å². The molecule has 6 heteroatoms. The minimum Gasteiger partial charge on any atom is -0.481 e. The lowest BCUT2D eigenvalue weighted by Crippen LogP contribution is -2.40. The monoisotopic (exact) mass is 400 g/mol. The number of rotatable bonds is 7. The van der Waals surface area contributed by atoms with E-state index in [-0.39, 0.29) is 5.92 Å². The average Bonchev–Trinajstić information content (AvgIpc) is 2.69. The van der Waals surface area contributed by atoms with Crippen molar-refractivity contribution in [3.63, 3.8) is 0 Å². The molecule has 2 aromatic carbocycles. The number of halogens is 1. The lowest BCUT2D eigenvalue weighted by atomic mass is 9.98. The van der Waals surface area contributed by atoms with Crippen LogP contribution in [0.5, 0.6) is 0 Å². The van der Waals surface area contributed by atoms with E-state index in [0.717, 1.165) is 41.8 Å². The van der Waals surface area contributed by atoms with Crippen LogP contribution in [0, 0.1) is 12.8 Å². The quantitative estimate of drug-likeness (QED) is 0.429. The van der Waals surface area contributed by atoms with E-state index < -0.39 is 5.97 Å². The molecule has 1 atom stereocenters. The SMILES string of the molecule is Cc1ccccc1/C(=N/OCCN1CCC[C@H](C(=O)O)C1)c1cccc(Cl)c1. The maximum atomic E-state index is 11.2. The minimum atomic E-state index is -0.716. The van der Waals surface area contributed by atoms with Gasteiger partial charge in [0, 0.05) is 29.2 Å². The Balaban J connectivity index is 1.70. The molecule has 0 bridgehead atoms. The van der Waals surface area contributed by atoms with Crippen molar-refractivity contribution in [1.82, 2.24) is 4.90 Å². The van der Waals surface area contributed by atoms with Crippen molar-refractivity contribution < 1.29 is 14.7 Å². The van der Waals surface area contributed by atoms with Gasteiger partial charge in [-0.25, -0.2) is 0 Å². The summed E-state index contributed by atoms with van der Waals surface area (Å²) in [4.78, 5) is 19.0. The molecule has 0 radical (unpaired) electrons. The van der Waals surface area contributed by atoms with E-state index in [9.17, 15) is 9.90 Å². The second-order valence-electron chi connectivity index (χ2n) is 7.08.